The number of hydrogen-bond donors (Lipinski definition) is 1. The van der Waals surface area contributed by atoms with E-state index in [1.54, 1.807) is 6.07 Å². The molecule has 0 spiro atoms. The topological polar surface area (TPSA) is 41.6 Å². The van der Waals surface area contributed by atoms with Crippen molar-refractivity contribution in [3.05, 3.63) is 35.6 Å². The van der Waals surface area contributed by atoms with Gasteiger partial charge in [0, 0.05) is 19.1 Å². The van der Waals surface area contributed by atoms with E-state index in [9.17, 15) is 9.18 Å². The molecule has 1 heterocycles. The maximum Gasteiger partial charge on any atom is 0.236 e. The van der Waals surface area contributed by atoms with Crippen molar-refractivity contribution < 1.29 is 13.9 Å². The van der Waals surface area contributed by atoms with Crippen molar-refractivity contribution in [2.75, 3.05) is 32.8 Å². The van der Waals surface area contributed by atoms with Gasteiger partial charge >= 0.3 is 0 Å². The Labute approximate surface area is 131 Å². The number of hydrogen-bond acceptors (Lipinski definition) is 3. The molecule has 1 aromatic rings. The lowest BCUT2D eigenvalue weighted by atomic mass is 9.82. The molecule has 1 fully saturated rings. The molecule has 0 aromatic heterocycles. The lowest BCUT2D eigenvalue weighted by Crippen LogP contribution is -2.46. The minimum absolute atomic E-state index is 0.0638. The third-order valence-electron chi connectivity index (χ3n) is 3.87. The highest BCUT2D eigenvalue weighted by molar-refractivity contribution is 5.78. The molecule has 22 heavy (non-hydrogen) atoms. The summed E-state index contributed by atoms with van der Waals surface area (Å²) in [5.41, 5.74) is 0.737. The average molecular weight is 308 g/mol. The Morgan fingerprint density at radius 1 is 1.36 bits per heavy atom. The first-order valence-corrected chi connectivity index (χ1v) is 7.72. The average Bonchev–Trinajstić information content (AvgIpc) is 2.47. The van der Waals surface area contributed by atoms with Gasteiger partial charge in [-0.15, -0.1) is 0 Å². The standard InChI is InChI=1S/C17H25FN2O2/c1-17(2,3)16(13-5-4-6-14(18)11-13)19-12-15(21)20-7-9-22-10-8-20/h4-6,11,16,19H,7-10,12H2,1-3H3/t16-/m1/s1. The van der Waals surface area contributed by atoms with Crippen LogP contribution in [0.2, 0.25) is 0 Å². The maximum absolute atomic E-state index is 13.5. The summed E-state index contributed by atoms with van der Waals surface area (Å²) in [4.78, 5) is 14.1. The van der Waals surface area contributed by atoms with E-state index >= 15 is 0 Å². The number of ether oxygens (including phenoxy) is 1. The molecule has 1 amide bonds. The lowest BCUT2D eigenvalue weighted by molar-refractivity contribution is -0.134. The normalized spacial score (nSPS) is 17.4. The number of rotatable bonds is 4. The predicted molar refractivity (Wildman–Crippen MR) is 84.0 cm³/mol. The maximum atomic E-state index is 13.5. The molecule has 0 saturated carbocycles. The van der Waals surface area contributed by atoms with Crippen LogP contribution in [0.4, 0.5) is 4.39 Å². The van der Waals surface area contributed by atoms with Gasteiger partial charge in [0.15, 0.2) is 0 Å². The molecule has 1 aliphatic heterocycles. The van der Waals surface area contributed by atoms with Gasteiger partial charge in [-0.3, -0.25) is 4.79 Å². The van der Waals surface area contributed by atoms with Crippen molar-refractivity contribution in [3.8, 4) is 0 Å². The first-order valence-electron chi connectivity index (χ1n) is 7.72. The van der Waals surface area contributed by atoms with Gasteiger partial charge in [0.25, 0.3) is 0 Å². The monoisotopic (exact) mass is 308 g/mol. The van der Waals surface area contributed by atoms with Gasteiger partial charge in [0.2, 0.25) is 5.91 Å². The number of nitrogens with one attached hydrogen (secondary N) is 1. The van der Waals surface area contributed by atoms with E-state index in [0.29, 0.717) is 26.3 Å². The molecule has 0 unspecified atom stereocenters. The highest BCUT2D eigenvalue weighted by Crippen LogP contribution is 2.32. The van der Waals surface area contributed by atoms with Gasteiger partial charge in [-0.2, -0.15) is 0 Å². The number of morpholine rings is 1. The molecule has 5 heteroatoms. The fraction of sp³-hybridized carbons (Fsp3) is 0.588. The van der Waals surface area contributed by atoms with E-state index < -0.39 is 0 Å². The summed E-state index contributed by atoms with van der Waals surface area (Å²) < 4.78 is 18.7. The second-order valence-corrected chi connectivity index (χ2v) is 6.73. The Morgan fingerprint density at radius 3 is 2.64 bits per heavy atom. The van der Waals surface area contributed by atoms with E-state index in [4.69, 9.17) is 4.74 Å². The van der Waals surface area contributed by atoms with Crippen molar-refractivity contribution in [1.82, 2.24) is 10.2 Å². The molecule has 1 aliphatic rings. The van der Waals surface area contributed by atoms with E-state index in [1.165, 1.54) is 12.1 Å². The zero-order valence-corrected chi connectivity index (χ0v) is 13.6. The van der Waals surface area contributed by atoms with Gasteiger partial charge in [0.1, 0.15) is 5.82 Å². The van der Waals surface area contributed by atoms with Crippen LogP contribution in [-0.2, 0) is 9.53 Å². The van der Waals surface area contributed by atoms with Crippen LogP contribution in [0.1, 0.15) is 32.4 Å². The van der Waals surface area contributed by atoms with Crippen molar-refractivity contribution in [2.45, 2.75) is 26.8 Å². The SMILES string of the molecule is CC(C)(C)[C@H](NCC(=O)N1CCOCC1)c1cccc(F)c1. The van der Waals surface area contributed by atoms with Gasteiger partial charge in [-0.1, -0.05) is 32.9 Å². The molecule has 1 aromatic carbocycles. The second kappa shape index (κ2) is 7.20. The highest BCUT2D eigenvalue weighted by Gasteiger charge is 2.27. The first-order chi connectivity index (χ1) is 10.4. The third kappa shape index (κ3) is 4.52. The lowest BCUT2D eigenvalue weighted by Gasteiger charge is -2.33. The van der Waals surface area contributed by atoms with Crippen LogP contribution in [0.3, 0.4) is 0 Å². The van der Waals surface area contributed by atoms with Crippen LogP contribution in [0.5, 0.6) is 0 Å². The van der Waals surface area contributed by atoms with Crippen LogP contribution in [0, 0.1) is 11.2 Å². The molecule has 2 rings (SSSR count). The number of nitrogens with zero attached hydrogens (tertiary/aromatic N) is 1. The largest absolute Gasteiger partial charge is 0.378 e. The van der Waals surface area contributed by atoms with Crippen molar-refractivity contribution >= 4 is 5.91 Å². The van der Waals surface area contributed by atoms with E-state index in [0.717, 1.165) is 5.56 Å². The van der Waals surface area contributed by atoms with Gasteiger partial charge in [-0.05, 0) is 23.1 Å². The molecule has 0 bridgehead atoms. The Morgan fingerprint density at radius 2 is 2.05 bits per heavy atom. The fourth-order valence-electron chi connectivity index (χ4n) is 2.72. The fourth-order valence-corrected chi connectivity index (χ4v) is 2.72. The number of carbonyl (C=O) groups excluding carboxylic acids is 1. The number of amides is 1. The zero-order valence-electron chi connectivity index (χ0n) is 13.6. The van der Waals surface area contributed by atoms with Crippen molar-refractivity contribution in [1.29, 1.82) is 0 Å². The predicted octanol–water partition coefficient (Wildman–Crippen LogP) is 2.36. The van der Waals surface area contributed by atoms with Crippen LogP contribution in [0.15, 0.2) is 24.3 Å². The number of benzene rings is 1. The summed E-state index contributed by atoms with van der Waals surface area (Å²) in [6.07, 6.45) is 0. The highest BCUT2D eigenvalue weighted by atomic mass is 19.1. The smallest absolute Gasteiger partial charge is 0.236 e. The third-order valence-corrected chi connectivity index (χ3v) is 3.87. The summed E-state index contributed by atoms with van der Waals surface area (Å²) in [7, 11) is 0. The van der Waals surface area contributed by atoms with Crippen molar-refractivity contribution in [2.24, 2.45) is 5.41 Å². The summed E-state index contributed by atoms with van der Waals surface area (Å²) in [5, 5.41) is 3.30. The van der Waals surface area contributed by atoms with Gasteiger partial charge in [0.05, 0.1) is 19.8 Å². The molecule has 0 aliphatic carbocycles. The van der Waals surface area contributed by atoms with Crippen LogP contribution in [0.25, 0.3) is 0 Å². The summed E-state index contributed by atoms with van der Waals surface area (Å²) >= 11 is 0. The Bertz CT molecular complexity index is 508. The van der Waals surface area contributed by atoms with E-state index in [2.05, 4.69) is 26.1 Å². The molecule has 1 N–H and O–H groups in total. The minimum atomic E-state index is -0.256. The Hall–Kier alpha value is -1.46. The number of halogens is 1. The molecule has 4 nitrogen and oxygen atoms in total. The summed E-state index contributed by atoms with van der Waals surface area (Å²) in [5.74, 6) is -0.193. The molecule has 0 radical (unpaired) electrons. The molecule has 122 valence electrons. The van der Waals surface area contributed by atoms with Crippen molar-refractivity contribution in [3.63, 3.8) is 0 Å². The van der Waals surface area contributed by atoms with E-state index in [1.807, 2.05) is 11.0 Å². The first kappa shape index (κ1) is 16.9. The summed E-state index contributed by atoms with van der Waals surface area (Å²) in [6, 6.07) is 6.47. The quantitative estimate of drug-likeness (QED) is 0.928. The van der Waals surface area contributed by atoms with E-state index in [-0.39, 0.29) is 29.7 Å². The minimum Gasteiger partial charge on any atom is -0.378 e. The second-order valence-electron chi connectivity index (χ2n) is 6.73. The molecule has 1 saturated heterocycles. The van der Waals surface area contributed by atoms with Gasteiger partial charge in [-0.25, -0.2) is 4.39 Å². The number of carbonyl (C=O) groups is 1. The zero-order chi connectivity index (χ0) is 16.2. The van der Waals surface area contributed by atoms with Crippen LogP contribution < -0.4 is 5.32 Å². The van der Waals surface area contributed by atoms with Crippen LogP contribution in [-0.4, -0.2) is 43.7 Å². The Balaban J connectivity index is 2.03. The Kier molecular flexibility index (Phi) is 5.53. The molecule has 1 atom stereocenters. The summed E-state index contributed by atoms with van der Waals surface area (Å²) in [6.45, 7) is 8.95. The van der Waals surface area contributed by atoms with Crippen LogP contribution >= 0.6 is 0 Å². The van der Waals surface area contributed by atoms with Gasteiger partial charge < -0.3 is 15.0 Å². The molecular formula is C17H25FN2O2. The molecular weight excluding hydrogens is 283 g/mol.